The Morgan fingerprint density at radius 1 is 1.15 bits per heavy atom. The van der Waals surface area contributed by atoms with Gasteiger partial charge in [0.15, 0.2) is 0 Å². The number of carbonyl (C=O) groups is 2. The molecule has 1 rings (SSSR count). The van der Waals surface area contributed by atoms with Crippen molar-refractivity contribution in [1.29, 1.82) is 0 Å². The summed E-state index contributed by atoms with van der Waals surface area (Å²) in [6.45, 7) is 1.49. The van der Waals surface area contributed by atoms with E-state index in [1.54, 1.807) is 0 Å². The first kappa shape index (κ1) is 13.0. The molecule has 3 nitrogen and oxygen atoms in total. The van der Waals surface area contributed by atoms with E-state index in [0.717, 1.165) is 19.3 Å². The molecule has 0 aromatic heterocycles. The molecule has 1 aliphatic rings. The normalized spacial score (nSPS) is 27.5. The summed E-state index contributed by atoms with van der Waals surface area (Å²) in [6, 6.07) is 0. The van der Waals surface area contributed by atoms with Crippen molar-refractivity contribution >= 4 is 11.8 Å². The topological polar surface area (TPSA) is 54.4 Å². The number of hydrogen-bond donors (Lipinski definition) is 1. The van der Waals surface area contributed by atoms with Crippen LogP contribution in [0.4, 0.5) is 0 Å². The van der Waals surface area contributed by atoms with Gasteiger partial charge in [-0.25, -0.2) is 0 Å². The van der Waals surface area contributed by atoms with Gasteiger partial charge >= 0.3 is 5.97 Å². The largest absolute Gasteiger partial charge is 0.481 e. The van der Waals surface area contributed by atoms with Crippen LogP contribution in [0.5, 0.6) is 0 Å². The van der Waals surface area contributed by atoms with E-state index in [1.807, 2.05) is 0 Å². The van der Waals surface area contributed by atoms with Crippen LogP contribution in [0.1, 0.15) is 32.6 Å². The summed E-state index contributed by atoms with van der Waals surface area (Å²) in [5.41, 5.74) is 0. The van der Waals surface area contributed by atoms with Crippen molar-refractivity contribution in [3.05, 3.63) is 0 Å². The van der Waals surface area contributed by atoms with Crippen LogP contribution in [-0.2, 0) is 35.8 Å². The maximum absolute atomic E-state index is 11.1. The van der Waals surface area contributed by atoms with Crippen LogP contribution in [0.3, 0.4) is 0 Å². The van der Waals surface area contributed by atoms with E-state index in [2.05, 4.69) is 0 Å². The van der Waals surface area contributed by atoms with Gasteiger partial charge in [0.1, 0.15) is 5.78 Å². The van der Waals surface area contributed by atoms with Crippen LogP contribution >= 0.6 is 0 Å². The number of carboxylic acid groups (broad SMARTS) is 1. The van der Waals surface area contributed by atoms with E-state index in [9.17, 15) is 9.59 Å². The van der Waals surface area contributed by atoms with Gasteiger partial charge in [-0.2, -0.15) is 0 Å². The molecule has 1 fully saturated rings. The number of hydrogen-bond acceptors (Lipinski definition) is 2. The third-order valence-electron chi connectivity index (χ3n) is 2.61. The Morgan fingerprint density at radius 2 is 1.62 bits per heavy atom. The molecule has 0 heterocycles. The maximum atomic E-state index is 11.1. The second kappa shape index (κ2) is 5.69. The van der Waals surface area contributed by atoms with Crippen molar-refractivity contribution in [2.45, 2.75) is 32.6 Å². The van der Waals surface area contributed by atoms with Gasteiger partial charge in [0.05, 0.1) is 5.92 Å². The molecule has 13 heavy (non-hydrogen) atoms. The van der Waals surface area contributed by atoms with Crippen molar-refractivity contribution in [1.82, 2.24) is 0 Å². The van der Waals surface area contributed by atoms with Crippen LogP contribution in [0.25, 0.3) is 0 Å². The van der Waals surface area contributed by atoms with Gasteiger partial charge in [0.25, 0.3) is 0 Å². The van der Waals surface area contributed by atoms with Gasteiger partial charge < -0.3 is 5.11 Å². The second-order valence-corrected chi connectivity index (χ2v) is 3.45. The summed E-state index contributed by atoms with van der Waals surface area (Å²) < 4.78 is 0. The van der Waals surface area contributed by atoms with Crippen molar-refractivity contribution in [2.75, 3.05) is 0 Å². The Balaban J connectivity index is 0.00000144. The number of ketones is 1. The van der Waals surface area contributed by atoms with Crippen LogP contribution in [0.2, 0.25) is 0 Å². The smallest absolute Gasteiger partial charge is 0.307 e. The quantitative estimate of drug-likeness (QED) is 0.819. The number of carboxylic acids is 1. The zero-order valence-corrected chi connectivity index (χ0v) is 10.2. The molecule has 0 spiro atoms. The maximum Gasteiger partial charge on any atom is 0.307 e. The Kier molecular flexibility index (Phi) is 5.70. The van der Waals surface area contributed by atoms with Crippen LogP contribution in [0, 0.1) is 11.8 Å². The fourth-order valence-electron chi connectivity index (χ4n) is 1.91. The summed E-state index contributed by atoms with van der Waals surface area (Å²) in [7, 11) is 0. The molecule has 4 heteroatoms. The van der Waals surface area contributed by atoms with Crippen molar-refractivity contribution in [3.8, 4) is 0 Å². The van der Waals surface area contributed by atoms with E-state index in [-0.39, 0.29) is 37.9 Å². The van der Waals surface area contributed by atoms with E-state index >= 15 is 0 Å². The van der Waals surface area contributed by atoms with E-state index < -0.39 is 11.9 Å². The molecule has 2 unspecified atom stereocenters. The molecule has 0 bridgehead atoms. The number of aliphatic carboxylic acids is 1. The fourth-order valence-corrected chi connectivity index (χ4v) is 1.91. The third-order valence-corrected chi connectivity index (χ3v) is 2.61. The standard InChI is InChI=1S/C9H14O3.Zr/c1-6(10)7-4-2-3-5-8(7)9(11)12;/h7-8H,2-5H2,1H3,(H,11,12);. The minimum Gasteiger partial charge on any atom is -0.481 e. The molecule has 2 atom stereocenters. The Hall–Kier alpha value is 0.0231. The summed E-state index contributed by atoms with van der Waals surface area (Å²) >= 11 is 0. The van der Waals surface area contributed by atoms with Gasteiger partial charge in [-0.3, -0.25) is 9.59 Å². The third kappa shape index (κ3) is 3.34. The first-order valence-electron chi connectivity index (χ1n) is 4.36. The van der Waals surface area contributed by atoms with Crippen molar-refractivity contribution in [2.24, 2.45) is 11.8 Å². The minimum absolute atomic E-state index is 0. The van der Waals surface area contributed by atoms with E-state index in [1.165, 1.54) is 6.92 Å². The number of rotatable bonds is 2. The Labute approximate surface area is 97.0 Å². The first-order chi connectivity index (χ1) is 5.63. The zero-order chi connectivity index (χ0) is 9.14. The van der Waals surface area contributed by atoms with Crippen LogP contribution in [-0.4, -0.2) is 16.9 Å². The number of Topliss-reactive ketones (excluding diaryl/α,β-unsaturated/α-hetero) is 1. The summed E-state index contributed by atoms with van der Waals surface area (Å²) in [6.07, 6.45) is 3.36. The molecule has 0 aromatic rings. The number of carbonyl (C=O) groups excluding carboxylic acids is 1. The van der Waals surface area contributed by atoms with Crippen LogP contribution < -0.4 is 0 Å². The second-order valence-electron chi connectivity index (χ2n) is 3.45. The van der Waals surface area contributed by atoms with Gasteiger partial charge in [-0.05, 0) is 19.8 Å². The molecule has 0 saturated heterocycles. The average molecular weight is 261 g/mol. The predicted molar refractivity (Wildman–Crippen MR) is 43.8 cm³/mol. The molecule has 1 saturated carbocycles. The van der Waals surface area contributed by atoms with E-state index in [0.29, 0.717) is 6.42 Å². The monoisotopic (exact) mass is 260 g/mol. The minimum atomic E-state index is -0.810. The molecule has 1 N–H and O–H groups in total. The average Bonchev–Trinajstić information content (AvgIpc) is 2.04. The molecular formula is C9H14O3Zr. The summed E-state index contributed by atoms with van der Waals surface area (Å²) in [5, 5.41) is 8.81. The summed E-state index contributed by atoms with van der Waals surface area (Å²) in [4.78, 5) is 21.8. The fraction of sp³-hybridized carbons (Fsp3) is 0.778. The molecule has 72 valence electrons. The Bertz CT molecular complexity index is 181. The SMILES string of the molecule is CC(=O)C1CCCCC1C(=O)O.[Zr]. The van der Waals surface area contributed by atoms with Gasteiger partial charge in [0.2, 0.25) is 0 Å². The van der Waals surface area contributed by atoms with Crippen molar-refractivity contribution < 1.29 is 40.9 Å². The van der Waals surface area contributed by atoms with Gasteiger partial charge in [0, 0.05) is 32.1 Å². The molecular weight excluding hydrogens is 247 g/mol. The molecule has 1 aliphatic carbocycles. The zero-order valence-electron chi connectivity index (χ0n) is 7.75. The summed E-state index contributed by atoms with van der Waals surface area (Å²) in [5.74, 6) is -1.43. The van der Waals surface area contributed by atoms with Gasteiger partial charge in [-0.1, -0.05) is 12.8 Å². The molecule has 0 aromatic carbocycles. The Morgan fingerprint density at radius 3 is 1.92 bits per heavy atom. The van der Waals surface area contributed by atoms with Gasteiger partial charge in [-0.15, -0.1) is 0 Å². The van der Waals surface area contributed by atoms with Crippen LogP contribution in [0.15, 0.2) is 0 Å². The van der Waals surface area contributed by atoms with Crippen molar-refractivity contribution in [3.63, 3.8) is 0 Å². The molecule has 0 radical (unpaired) electrons. The first-order valence-corrected chi connectivity index (χ1v) is 4.36. The predicted octanol–water partition coefficient (Wildman–Crippen LogP) is 1.46. The van der Waals surface area contributed by atoms with E-state index in [4.69, 9.17) is 5.11 Å². The molecule has 0 amide bonds. The molecule has 0 aliphatic heterocycles.